The Morgan fingerprint density at radius 1 is 1.06 bits per heavy atom. The summed E-state index contributed by atoms with van der Waals surface area (Å²) >= 11 is 0. The number of carbonyl (C=O) groups excluding carboxylic acids is 2. The van der Waals surface area contributed by atoms with Gasteiger partial charge in [-0.2, -0.15) is 0 Å². The standard InChI is InChI=1S/C27H29FN2O4/c1-17(2)25(30-24(31)12-18-7-8-19-5-3-4-6-20(19)11-18)27(32)29-10-9-21-13-23(28)14-22-15-33-16-34-26(21)22/h3-8,11,13-14,17,25H,9-10,12,15-16H2,1-2H3,(H,29,32)(H,30,31). The third-order valence-corrected chi connectivity index (χ3v) is 5.89. The van der Waals surface area contributed by atoms with Crippen molar-refractivity contribution in [2.45, 2.75) is 39.3 Å². The van der Waals surface area contributed by atoms with Gasteiger partial charge in [0.15, 0.2) is 6.79 Å². The molecule has 0 radical (unpaired) electrons. The number of hydrogen-bond acceptors (Lipinski definition) is 4. The summed E-state index contributed by atoms with van der Waals surface area (Å²) in [5, 5.41) is 7.92. The van der Waals surface area contributed by atoms with E-state index in [1.807, 2.05) is 56.3 Å². The molecule has 1 aliphatic heterocycles. The van der Waals surface area contributed by atoms with Crippen LogP contribution in [0.5, 0.6) is 5.75 Å². The van der Waals surface area contributed by atoms with E-state index >= 15 is 0 Å². The lowest BCUT2D eigenvalue weighted by Gasteiger charge is -2.23. The van der Waals surface area contributed by atoms with E-state index < -0.39 is 6.04 Å². The fourth-order valence-electron chi connectivity index (χ4n) is 4.17. The van der Waals surface area contributed by atoms with Gasteiger partial charge in [0, 0.05) is 12.1 Å². The average Bonchev–Trinajstić information content (AvgIpc) is 2.82. The van der Waals surface area contributed by atoms with Crippen molar-refractivity contribution < 1.29 is 23.5 Å². The predicted octanol–water partition coefficient (Wildman–Crippen LogP) is 3.89. The smallest absolute Gasteiger partial charge is 0.242 e. The fourth-order valence-corrected chi connectivity index (χ4v) is 4.17. The molecule has 1 atom stereocenters. The Labute approximate surface area is 198 Å². The van der Waals surface area contributed by atoms with Gasteiger partial charge in [-0.1, -0.05) is 56.3 Å². The molecule has 0 bridgehead atoms. The van der Waals surface area contributed by atoms with E-state index in [0.29, 0.717) is 36.4 Å². The third-order valence-electron chi connectivity index (χ3n) is 5.89. The molecule has 1 heterocycles. The van der Waals surface area contributed by atoms with Crippen molar-refractivity contribution in [1.82, 2.24) is 10.6 Å². The lowest BCUT2D eigenvalue weighted by Crippen LogP contribution is -2.50. The number of carbonyl (C=O) groups is 2. The van der Waals surface area contributed by atoms with Gasteiger partial charge in [0.05, 0.1) is 13.0 Å². The van der Waals surface area contributed by atoms with Crippen LogP contribution in [-0.2, 0) is 33.8 Å². The molecule has 0 aliphatic carbocycles. The van der Waals surface area contributed by atoms with Crippen LogP contribution in [0.3, 0.4) is 0 Å². The molecule has 0 saturated heterocycles. The van der Waals surface area contributed by atoms with Crippen molar-refractivity contribution >= 4 is 22.6 Å². The number of ether oxygens (including phenoxy) is 2. The first-order valence-electron chi connectivity index (χ1n) is 11.5. The summed E-state index contributed by atoms with van der Waals surface area (Å²) in [6.45, 7) is 4.49. The van der Waals surface area contributed by atoms with Crippen LogP contribution in [0.25, 0.3) is 10.8 Å². The highest BCUT2D eigenvalue weighted by Gasteiger charge is 2.24. The van der Waals surface area contributed by atoms with Crippen molar-refractivity contribution in [3.63, 3.8) is 0 Å². The van der Waals surface area contributed by atoms with E-state index in [1.54, 1.807) is 0 Å². The number of benzene rings is 3. The second-order valence-electron chi connectivity index (χ2n) is 8.85. The Morgan fingerprint density at radius 3 is 2.65 bits per heavy atom. The Hall–Kier alpha value is -3.45. The van der Waals surface area contributed by atoms with Gasteiger partial charge in [-0.05, 0) is 46.4 Å². The summed E-state index contributed by atoms with van der Waals surface area (Å²) in [5.41, 5.74) is 2.23. The van der Waals surface area contributed by atoms with Crippen LogP contribution in [0.1, 0.15) is 30.5 Å². The summed E-state index contributed by atoms with van der Waals surface area (Å²) < 4.78 is 24.7. The number of amides is 2. The Kier molecular flexibility index (Phi) is 7.43. The highest BCUT2D eigenvalue weighted by Crippen LogP contribution is 2.29. The molecular weight excluding hydrogens is 435 g/mol. The minimum absolute atomic E-state index is 0.0945. The number of fused-ring (bicyclic) bond motifs is 2. The molecule has 6 nitrogen and oxygen atoms in total. The van der Waals surface area contributed by atoms with Gasteiger partial charge in [0.2, 0.25) is 11.8 Å². The molecule has 7 heteroatoms. The molecule has 4 rings (SSSR count). The van der Waals surface area contributed by atoms with Crippen molar-refractivity contribution in [2.75, 3.05) is 13.3 Å². The average molecular weight is 465 g/mol. The van der Waals surface area contributed by atoms with Gasteiger partial charge in [-0.25, -0.2) is 4.39 Å². The minimum atomic E-state index is -0.668. The van der Waals surface area contributed by atoms with Crippen molar-refractivity contribution in [2.24, 2.45) is 5.92 Å². The molecule has 3 aromatic carbocycles. The zero-order valence-corrected chi connectivity index (χ0v) is 19.4. The van der Waals surface area contributed by atoms with E-state index in [0.717, 1.165) is 16.3 Å². The number of nitrogens with one attached hydrogen (secondary N) is 2. The van der Waals surface area contributed by atoms with Gasteiger partial charge in [0.1, 0.15) is 17.6 Å². The van der Waals surface area contributed by atoms with E-state index in [-0.39, 0.29) is 36.8 Å². The summed E-state index contributed by atoms with van der Waals surface area (Å²) in [6, 6.07) is 16.0. The molecule has 0 spiro atoms. The molecular formula is C27H29FN2O4. The molecule has 178 valence electrons. The quantitative estimate of drug-likeness (QED) is 0.530. The number of halogens is 1. The fraction of sp³-hybridized carbons (Fsp3) is 0.333. The Balaban J connectivity index is 1.34. The van der Waals surface area contributed by atoms with Crippen molar-refractivity contribution in [3.8, 4) is 5.75 Å². The van der Waals surface area contributed by atoms with Gasteiger partial charge in [0.25, 0.3) is 0 Å². The monoisotopic (exact) mass is 464 g/mol. The maximum Gasteiger partial charge on any atom is 0.242 e. The van der Waals surface area contributed by atoms with Gasteiger partial charge < -0.3 is 20.1 Å². The lowest BCUT2D eigenvalue weighted by atomic mass is 10.0. The summed E-state index contributed by atoms with van der Waals surface area (Å²) in [6.07, 6.45) is 0.595. The van der Waals surface area contributed by atoms with Crippen LogP contribution in [0.4, 0.5) is 4.39 Å². The second kappa shape index (κ2) is 10.7. The highest BCUT2D eigenvalue weighted by molar-refractivity contribution is 5.89. The predicted molar refractivity (Wildman–Crippen MR) is 128 cm³/mol. The molecule has 3 aromatic rings. The topological polar surface area (TPSA) is 76.7 Å². The third kappa shape index (κ3) is 5.72. The Bertz CT molecular complexity index is 1190. The van der Waals surface area contributed by atoms with Crippen LogP contribution < -0.4 is 15.4 Å². The SMILES string of the molecule is CC(C)C(NC(=O)Cc1ccc2ccccc2c1)C(=O)NCCc1cc(F)cc2c1OCOC2. The zero-order chi connectivity index (χ0) is 24.1. The molecule has 0 saturated carbocycles. The van der Waals surface area contributed by atoms with E-state index in [2.05, 4.69) is 10.6 Å². The van der Waals surface area contributed by atoms with Gasteiger partial charge in [-0.15, -0.1) is 0 Å². The van der Waals surface area contributed by atoms with Crippen LogP contribution >= 0.6 is 0 Å². The summed E-state index contributed by atoms with van der Waals surface area (Å²) in [4.78, 5) is 25.5. The highest BCUT2D eigenvalue weighted by atomic mass is 19.1. The normalized spacial score (nSPS) is 13.8. The molecule has 1 unspecified atom stereocenters. The first-order valence-corrected chi connectivity index (χ1v) is 11.5. The maximum absolute atomic E-state index is 13.9. The number of rotatable bonds is 8. The zero-order valence-electron chi connectivity index (χ0n) is 19.4. The first-order chi connectivity index (χ1) is 16.4. The maximum atomic E-state index is 13.9. The van der Waals surface area contributed by atoms with E-state index in [4.69, 9.17) is 9.47 Å². The largest absolute Gasteiger partial charge is 0.467 e. The van der Waals surface area contributed by atoms with Crippen LogP contribution in [0.15, 0.2) is 54.6 Å². The molecule has 2 amide bonds. The second-order valence-corrected chi connectivity index (χ2v) is 8.85. The molecule has 2 N–H and O–H groups in total. The first kappa shape index (κ1) is 23.7. The molecule has 34 heavy (non-hydrogen) atoms. The van der Waals surface area contributed by atoms with Crippen LogP contribution in [-0.4, -0.2) is 31.2 Å². The summed E-state index contributed by atoms with van der Waals surface area (Å²) in [7, 11) is 0. The van der Waals surface area contributed by atoms with Crippen molar-refractivity contribution in [1.29, 1.82) is 0 Å². The summed E-state index contributed by atoms with van der Waals surface area (Å²) in [5.74, 6) is -0.322. The van der Waals surface area contributed by atoms with E-state index in [9.17, 15) is 14.0 Å². The van der Waals surface area contributed by atoms with Crippen LogP contribution in [0.2, 0.25) is 0 Å². The Morgan fingerprint density at radius 2 is 1.85 bits per heavy atom. The minimum Gasteiger partial charge on any atom is -0.467 e. The molecule has 0 fully saturated rings. The van der Waals surface area contributed by atoms with Crippen LogP contribution in [0, 0.1) is 11.7 Å². The van der Waals surface area contributed by atoms with Gasteiger partial charge in [-0.3, -0.25) is 9.59 Å². The number of hydrogen-bond donors (Lipinski definition) is 2. The molecule has 1 aliphatic rings. The lowest BCUT2D eigenvalue weighted by molar-refractivity contribution is -0.129. The van der Waals surface area contributed by atoms with E-state index in [1.165, 1.54) is 12.1 Å². The van der Waals surface area contributed by atoms with Gasteiger partial charge >= 0.3 is 0 Å². The van der Waals surface area contributed by atoms with Crippen molar-refractivity contribution in [3.05, 3.63) is 77.1 Å². The molecule has 0 aromatic heterocycles.